The summed E-state index contributed by atoms with van der Waals surface area (Å²) in [6.07, 6.45) is 0. The highest BCUT2D eigenvalue weighted by Gasteiger charge is 1.94. The summed E-state index contributed by atoms with van der Waals surface area (Å²) in [6, 6.07) is 7.30. The maximum Gasteiger partial charge on any atom is 0.0880 e. The van der Waals surface area contributed by atoms with Gasteiger partial charge in [-0.1, -0.05) is 35.2 Å². The summed E-state index contributed by atoms with van der Waals surface area (Å²) < 4.78 is 0. The van der Waals surface area contributed by atoms with Crippen LogP contribution in [0.15, 0.2) is 29.4 Å². The molecule has 1 aromatic rings. The number of rotatable bonds is 2. The van der Waals surface area contributed by atoms with Crippen molar-refractivity contribution in [1.82, 2.24) is 0 Å². The van der Waals surface area contributed by atoms with Crippen LogP contribution in [0.4, 0.5) is 0 Å². The molecule has 1 aromatic carbocycles. The Morgan fingerprint density at radius 1 is 1.43 bits per heavy atom. The number of nitrogens with zero attached hydrogens (tertiary/aromatic N) is 3. The summed E-state index contributed by atoms with van der Waals surface area (Å²) in [6.45, 7) is 0.114. The molecule has 0 aliphatic rings. The third-order valence-electron chi connectivity index (χ3n) is 1.62. The van der Waals surface area contributed by atoms with E-state index in [1.54, 1.807) is 6.07 Å². The lowest BCUT2D eigenvalue weighted by Crippen LogP contribution is -1.88. The molecular weight excluding hydrogens is 178 g/mol. The van der Waals surface area contributed by atoms with Gasteiger partial charge in [-0.25, -0.2) is 0 Å². The van der Waals surface area contributed by atoms with Gasteiger partial charge in [0.25, 0.3) is 0 Å². The van der Waals surface area contributed by atoms with Crippen LogP contribution in [0.3, 0.4) is 0 Å². The molecule has 0 saturated carbocycles. The third kappa shape index (κ3) is 2.83. The van der Waals surface area contributed by atoms with Crippen LogP contribution in [-0.2, 0) is 6.61 Å². The normalized spacial score (nSPS) is 8.36. The van der Waals surface area contributed by atoms with Gasteiger partial charge in [0, 0.05) is 10.5 Å². The van der Waals surface area contributed by atoms with Gasteiger partial charge < -0.3 is 5.11 Å². The molecule has 0 radical (unpaired) electrons. The number of hydrogen-bond donors (Lipinski definition) is 1. The fourth-order valence-corrected chi connectivity index (χ4v) is 0.982. The topological polar surface area (TPSA) is 69.0 Å². The van der Waals surface area contributed by atoms with Gasteiger partial charge in [0.1, 0.15) is 0 Å². The average Bonchev–Trinajstić information content (AvgIpc) is 2.25. The van der Waals surface area contributed by atoms with E-state index in [0.29, 0.717) is 0 Å². The Hall–Kier alpha value is -1.95. The molecule has 0 fully saturated rings. The van der Waals surface area contributed by atoms with E-state index in [1.165, 1.54) is 0 Å². The Balaban J connectivity index is 2.82. The van der Waals surface area contributed by atoms with E-state index >= 15 is 0 Å². The van der Waals surface area contributed by atoms with Crippen molar-refractivity contribution in [3.8, 4) is 11.8 Å². The van der Waals surface area contributed by atoms with E-state index in [-0.39, 0.29) is 13.2 Å². The first-order valence-corrected chi connectivity index (χ1v) is 4.07. The van der Waals surface area contributed by atoms with Crippen molar-refractivity contribution < 1.29 is 5.11 Å². The third-order valence-corrected chi connectivity index (χ3v) is 1.62. The fraction of sp³-hybridized carbons (Fsp3) is 0.200. The minimum Gasteiger partial charge on any atom is -0.392 e. The van der Waals surface area contributed by atoms with Crippen molar-refractivity contribution in [3.63, 3.8) is 0 Å². The predicted molar refractivity (Wildman–Crippen MR) is 53.3 cm³/mol. The van der Waals surface area contributed by atoms with Crippen LogP contribution in [0.2, 0.25) is 0 Å². The second-order valence-electron chi connectivity index (χ2n) is 2.51. The zero-order chi connectivity index (χ0) is 10.2. The van der Waals surface area contributed by atoms with Crippen LogP contribution in [0.25, 0.3) is 10.4 Å². The first-order valence-electron chi connectivity index (χ1n) is 4.07. The molecule has 0 saturated heterocycles. The Morgan fingerprint density at radius 2 is 2.21 bits per heavy atom. The minimum atomic E-state index is -0.0353. The maximum absolute atomic E-state index is 8.97. The van der Waals surface area contributed by atoms with Crippen molar-refractivity contribution in [3.05, 3.63) is 45.8 Å². The summed E-state index contributed by atoms with van der Waals surface area (Å²) in [5, 5.41) is 12.3. The molecule has 0 aliphatic heterocycles. The van der Waals surface area contributed by atoms with E-state index in [0.717, 1.165) is 11.1 Å². The summed E-state index contributed by atoms with van der Waals surface area (Å²) in [4.78, 5) is 2.58. The van der Waals surface area contributed by atoms with Crippen molar-refractivity contribution in [2.75, 3.05) is 6.54 Å². The van der Waals surface area contributed by atoms with Gasteiger partial charge in [0.15, 0.2) is 0 Å². The Labute approximate surface area is 81.8 Å². The Kier molecular flexibility index (Phi) is 4.09. The standard InChI is InChI=1S/C10H9N3O/c11-13-12-7-3-6-9-4-1-2-5-10(9)8-14/h1-2,4-5,14H,7-8H2. The first-order chi connectivity index (χ1) is 6.88. The molecule has 0 amide bonds. The van der Waals surface area contributed by atoms with Gasteiger partial charge in [0.05, 0.1) is 13.2 Å². The van der Waals surface area contributed by atoms with E-state index in [1.807, 2.05) is 18.2 Å². The molecule has 1 N–H and O–H groups in total. The molecule has 1 rings (SSSR count). The van der Waals surface area contributed by atoms with E-state index in [4.69, 9.17) is 10.6 Å². The second kappa shape index (κ2) is 5.65. The predicted octanol–water partition coefficient (Wildman–Crippen LogP) is 1.84. The summed E-state index contributed by atoms with van der Waals surface area (Å²) in [5.41, 5.74) is 9.56. The van der Waals surface area contributed by atoms with Gasteiger partial charge in [-0.3, -0.25) is 0 Å². The molecule has 0 heterocycles. The molecule has 0 aliphatic carbocycles. The van der Waals surface area contributed by atoms with Crippen LogP contribution < -0.4 is 0 Å². The largest absolute Gasteiger partial charge is 0.392 e. The van der Waals surface area contributed by atoms with Crippen LogP contribution in [0.5, 0.6) is 0 Å². The van der Waals surface area contributed by atoms with Crippen molar-refractivity contribution in [2.45, 2.75) is 6.61 Å². The van der Waals surface area contributed by atoms with E-state index in [2.05, 4.69) is 21.9 Å². The van der Waals surface area contributed by atoms with Gasteiger partial charge in [-0.2, -0.15) is 0 Å². The first kappa shape index (κ1) is 10.1. The summed E-state index contributed by atoms with van der Waals surface area (Å²) in [7, 11) is 0. The van der Waals surface area contributed by atoms with Crippen LogP contribution >= 0.6 is 0 Å². The monoisotopic (exact) mass is 187 g/mol. The van der Waals surface area contributed by atoms with Crippen LogP contribution in [0, 0.1) is 11.8 Å². The lowest BCUT2D eigenvalue weighted by atomic mass is 10.1. The molecule has 0 bridgehead atoms. The van der Waals surface area contributed by atoms with Crippen molar-refractivity contribution >= 4 is 0 Å². The molecule has 0 atom stereocenters. The fourth-order valence-electron chi connectivity index (χ4n) is 0.982. The molecule has 0 unspecified atom stereocenters. The molecule has 0 aromatic heterocycles. The highest BCUT2D eigenvalue weighted by molar-refractivity contribution is 5.41. The SMILES string of the molecule is [N-]=[N+]=NCC#Cc1ccccc1CO. The zero-order valence-corrected chi connectivity index (χ0v) is 7.51. The Bertz CT molecular complexity index is 411. The van der Waals surface area contributed by atoms with E-state index in [9.17, 15) is 0 Å². The number of hydrogen-bond acceptors (Lipinski definition) is 2. The smallest absolute Gasteiger partial charge is 0.0880 e. The molecular formula is C10H9N3O. The van der Waals surface area contributed by atoms with Crippen LogP contribution in [0.1, 0.15) is 11.1 Å². The second-order valence-corrected chi connectivity index (χ2v) is 2.51. The summed E-state index contributed by atoms with van der Waals surface area (Å²) in [5.74, 6) is 5.52. The van der Waals surface area contributed by atoms with Gasteiger partial charge >= 0.3 is 0 Å². The van der Waals surface area contributed by atoms with Crippen molar-refractivity contribution in [2.24, 2.45) is 5.11 Å². The average molecular weight is 187 g/mol. The number of benzene rings is 1. The van der Waals surface area contributed by atoms with E-state index < -0.39 is 0 Å². The van der Waals surface area contributed by atoms with Gasteiger partial charge in [-0.05, 0) is 17.2 Å². The lowest BCUT2D eigenvalue weighted by Gasteiger charge is -1.97. The van der Waals surface area contributed by atoms with Crippen LogP contribution in [-0.4, -0.2) is 11.7 Å². The highest BCUT2D eigenvalue weighted by atomic mass is 16.3. The minimum absolute atomic E-state index is 0.0353. The quantitative estimate of drug-likeness (QED) is 0.326. The zero-order valence-electron chi connectivity index (χ0n) is 7.51. The lowest BCUT2D eigenvalue weighted by molar-refractivity contribution is 0.281. The number of azide groups is 1. The molecule has 4 nitrogen and oxygen atoms in total. The van der Waals surface area contributed by atoms with Crippen molar-refractivity contribution in [1.29, 1.82) is 0 Å². The van der Waals surface area contributed by atoms with Gasteiger partial charge in [0.2, 0.25) is 0 Å². The molecule has 70 valence electrons. The number of aliphatic hydroxyl groups excluding tert-OH is 1. The maximum atomic E-state index is 8.97. The number of aliphatic hydroxyl groups is 1. The Morgan fingerprint density at radius 3 is 2.93 bits per heavy atom. The highest BCUT2D eigenvalue weighted by Crippen LogP contribution is 2.06. The summed E-state index contributed by atoms with van der Waals surface area (Å²) >= 11 is 0. The molecule has 4 heteroatoms. The van der Waals surface area contributed by atoms with Gasteiger partial charge in [-0.15, -0.1) is 0 Å². The molecule has 14 heavy (non-hydrogen) atoms. The molecule has 0 spiro atoms.